The van der Waals surface area contributed by atoms with E-state index in [2.05, 4.69) is 0 Å². The summed E-state index contributed by atoms with van der Waals surface area (Å²) in [7, 11) is 0. The molecule has 0 atom stereocenters. The van der Waals surface area contributed by atoms with Gasteiger partial charge in [0.2, 0.25) is 0 Å². The van der Waals surface area contributed by atoms with Crippen molar-refractivity contribution in [3.05, 3.63) is 23.5 Å². The standard InChI is InChI=1S/C19H27FO2/c1-14-17(21-12-11-15-7-4-8-15)9-10-18(19(14)20)22-13-16-5-2-3-6-16/h9-10,15-16H,2-8,11-13H2,1H3. The molecular formula is C19H27FO2. The van der Waals surface area contributed by atoms with Crippen molar-refractivity contribution in [2.24, 2.45) is 11.8 Å². The molecule has 3 heteroatoms. The van der Waals surface area contributed by atoms with Crippen LogP contribution in [0.15, 0.2) is 12.1 Å². The van der Waals surface area contributed by atoms with E-state index >= 15 is 0 Å². The van der Waals surface area contributed by atoms with Crippen LogP contribution in [0.5, 0.6) is 11.5 Å². The van der Waals surface area contributed by atoms with Gasteiger partial charge in [0.25, 0.3) is 0 Å². The molecule has 0 unspecified atom stereocenters. The maximum atomic E-state index is 14.4. The van der Waals surface area contributed by atoms with Gasteiger partial charge in [-0.25, -0.2) is 4.39 Å². The molecule has 0 radical (unpaired) electrons. The van der Waals surface area contributed by atoms with Crippen LogP contribution in [0.2, 0.25) is 0 Å². The van der Waals surface area contributed by atoms with E-state index in [1.54, 1.807) is 13.0 Å². The zero-order chi connectivity index (χ0) is 15.4. The van der Waals surface area contributed by atoms with E-state index in [-0.39, 0.29) is 5.82 Å². The van der Waals surface area contributed by atoms with Gasteiger partial charge in [-0.1, -0.05) is 32.1 Å². The summed E-state index contributed by atoms with van der Waals surface area (Å²) in [5.41, 5.74) is 0.567. The van der Waals surface area contributed by atoms with Crippen LogP contribution in [0.1, 0.15) is 56.9 Å². The second-order valence-electron chi connectivity index (χ2n) is 6.90. The molecule has 0 amide bonds. The average Bonchev–Trinajstić information content (AvgIpc) is 2.98. The second-order valence-corrected chi connectivity index (χ2v) is 6.90. The highest BCUT2D eigenvalue weighted by Crippen LogP contribution is 2.32. The highest BCUT2D eigenvalue weighted by molar-refractivity contribution is 5.41. The molecule has 22 heavy (non-hydrogen) atoms. The van der Waals surface area contributed by atoms with Crippen LogP contribution >= 0.6 is 0 Å². The summed E-state index contributed by atoms with van der Waals surface area (Å²) in [6.07, 6.45) is 10.1. The van der Waals surface area contributed by atoms with Gasteiger partial charge in [-0.15, -0.1) is 0 Å². The Labute approximate surface area is 133 Å². The number of hydrogen-bond donors (Lipinski definition) is 0. The van der Waals surface area contributed by atoms with E-state index in [1.165, 1.54) is 44.9 Å². The van der Waals surface area contributed by atoms with Crippen molar-refractivity contribution >= 4 is 0 Å². The monoisotopic (exact) mass is 306 g/mol. The molecule has 0 aliphatic heterocycles. The van der Waals surface area contributed by atoms with E-state index < -0.39 is 0 Å². The van der Waals surface area contributed by atoms with Gasteiger partial charge >= 0.3 is 0 Å². The highest BCUT2D eigenvalue weighted by Gasteiger charge is 2.19. The summed E-state index contributed by atoms with van der Waals surface area (Å²) in [5, 5.41) is 0. The first-order valence-electron chi connectivity index (χ1n) is 8.78. The van der Waals surface area contributed by atoms with Crippen molar-refractivity contribution in [1.82, 2.24) is 0 Å². The molecule has 0 spiro atoms. The SMILES string of the molecule is Cc1c(OCCC2CCC2)ccc(OCC2CCCC2)c1F. The van der Waals surface area contributed by atoms with Crippen LogP contribution in [0.3, 0.4) is 0 Å². The predicted molar refractivity (Wildman–Crippen MR) is 86.0 cm³/mol. The third-order valence-electron chi connectivity index (χ3n) is 5.26. The van der Waals surface area contributed by atoms with Gasteiger partial charge in [-0.2, -0.15) is 0 Å². The van der Waals surface area contributed by atoms with Crippen LogP contribution in [0.4, 0.5) is 4.39 Å². The van der Waals surface area contributed by atoms with E-state index in [0.717, 1.165) is 12.3 Å². The summed E-state index contributed by atoms with van der Waals surface area (Å²) in [4.78, 5) is 0. The minimum atomic E-state index is -0.265. The molecule has 2 aliphatic rings. The minimum Gasteiger partial charge on any atom is -0.493 e. The van der Waals surface area contributed by atoms with Gasteiger partial charge in [-0.3, -0.25) is 0 Å². The van der Waals surface area contributed by atoms with E-state index in [1.807, 2.05) is 6.07 Å². The molecule has 122 valence electrons. The van der Waals surface area contributed by atoms with Crippen LogP contribution < -0.4 is 9.47 Å². The van der Waals surface area contributed by atoms with Crippen molar-refractivity contribution in [2.75, 3.05) is 13.2 Å². The summed E-state index contributed by atoms with van der Waals surface area (Å²) in [6.45, 7) is 3.10. The number of benzene rings is 1. The maximum absolute atomic E-state index is 14.4. The maximum Gasteiger partial charge on any atom is 0.171 e. The molecule has 2 fully saturated rings. The molecule has 3 rings (SSSR count). The lowest BCUT2D eigenvalue weighted by Crippen LogP contribution is -2.15. The lowest BCUT2D eigenvalue weighted by molar-refractivity contribution is 0.218. The fourth-order valence-electron chi connectivity index (χ4n) is 3.41. The molecule has 0 N–H and O–H groups in total. The molecule has 1 aromatic carbocycles. The van der Waals surface area contributed by atoms with Gasteiger partial charge in [0.15, 0.2) is 11.6 Å². The van der Waals surface area contributed by atoms with Gasteiger partial charge in [0.1, 0.15) is 5.75 Å². The molecule has 0 aromatic heterocycles. The molecule has 1 aromatic rings. The van der Waals surface area contributed by atoms with Crippen LogP contribution in [-0.2, 0) is 0 Å². The van der Waals surface area contributed by atoms with E-state index in [9.17, 15) is 4.39 Å². The van der Waals surface area contributed by atoms with Crippen molar-refractivity contribution in [2.45, 2.75) is 58.3 Å². The summed E-state index contributed by atoms with van der Waals surface area (Å²) in [5.74, 6) is 2.18. The topological polar surface area (TPSA) is 18.5 Å². The van der Waals surface area contributed by atoms with E-state index in [4.69, 9.17) is 9.47 Å². The molecule has 2 nitrogen and oxygen atoms in total. The average molecular weight is 306 g/mol. The number of ether oxygens (including phenoxy) is 2. The first-order valence-corrected chi connectivity index (χ1v) is 8.78. The van der Waals surface area contributed by atoms with Crippen molar-refractivity contribution in [1.29, 1.82) is 0 Å². The first-order chi connectivity index (χ1) is 10.7. The molecule has 2 aliphatic carbocycles. The van der Waals surface area contributed by atoms with Crippen molar-refractivity contribution < 1.29 is 13.9 Å². The molecule has 0 heterocycles. The fourth-order valence-corrected chi connectivity index (χ4v) is 3.41. The van der Waals surface area contributed by atoms with Crippen molar-refractivity contribution in [3.8, 4) is 11.5 Å². The van der Waals surface area contributed by atoms with Gasteiger partial charge in [-0.05, 0) is 50.2 Å². The fraction of sp³-hybridized carbons (Fsp3) is 0.684. The first kappa shape index (κ1) is 15.6. The quantitative estimate of drug-likeness (QED) is 0.683. The lowest BCUT2D eigenvalue weighted by Gasteiger charge is -2.25. The summed E-state index contributed by atoms with van der Waals surface area (Å²) >= 11 is 0. The molecule has 0 saturated heterocycles. The Balaban J connectivity index is 1.52. The Kier molecular flexibility index (Phi) is 5.22. The van der Waals surface area contributed by atoms with Crippen LogP contribution in [-0.4, -0.2) is 13.2 Å². The number of rotatable bonds is 7. The largest absolute Gasteiger partial charge is 0.493 e. The molecule has 2 saturated carbocycles. The normalized spacial score (nSPS) is 19.2. The smallest absolute Gasteiger partial charge is 0.171 e. The Hall–Kier alpha value is -1.25. The predicted octanol–water partition coefficient (Wildman–Crippen LogP) is 5.27. The van der Waals surface area contributed by atoms with Crippen molar-refractivity contribution in [3.63, 3.8) is 0 Å². The number of hydrogen-bond acceptors (Lipinski definition) is 2. The summed E-state index contributed by atoms with van der Waals surface area (Å²) < 4.78 is 25.9. The van der Waals surface area contributed by atoms with E-state index in [0.29, 0.717) is 36.2 Å². The summed E-state index contributed by atoms with van der Waals surface area (Å²) in [6, 6.07) is 3.57. The zero-order valence-electron chi connectivity index (χ0n) is 13.6. The third-order valence-corrected chi connectivity index (χ3v) is 5.26. The second kappa shape index (κ2) is 7.34. The Morgan fingerprint density at radius 3 is 2.32 bits per heavy atom. The minimum absolute atomic E-state index is 0.265. The Morgan fingerprint density at radius 2 is 1.64 bits per heavy atom. The van der Waals surface area contributed by atoms with Crippen LogP contribution in [0.25, 0.3) is 0 Å². The van der Waals surface area contributed by atoms with Gasteiger partial charge in [0.05, 0.1) is 13.2 Å². The Bertz CT molecular complexity index is 490. The van der Waals surface area contributed by atoms with Gasteiger partial charge in [0, 0.05) is 5.56 Å². The lowest BCUT2D eigenvalue weighted by atomic mass is 9.83. The van der Waals surface area contributed by atoms with Gasteiger partial charge < -0.3 is 9.47 Å². The van der Waals surface area contributed by atoms with Crippen LogP contribution in [0, 0.1) is 24.6 Å². The Morgan fingerprint density at radius 1 is 0.955 bits per heavy atom. The third kappa shape index (κ3) is 3.74. The molecular weight excluding hydrogens is 279 g/mol. The zero-order valence-corrected chi connectivity index (χ0v) is 13.6. The highest BCUT2D eigenvalue weighted by atomic mass is 19.1. The molecule has 0 bridgehead atoms. The number of halogens is 1.